The zero-order valence-corrected chi connectivity index (χ0v) is 6.35. The smallest absolute Gasteiger partial charge is 0.0140 e. The normalized spacial score (nSPS) is 10.7. The molecule has 0 aromatic carbocycles. The molecule has 3 heteroatoms. The Kier molecular flexibility index (Phi) is 5.93. The van der Waals surface area contributed by atoms with Crippen molar-refractivity contribution in [1.29, 1.82) is 0 Å². The molecular weight excluding hydrogens is 114 g/mol. The molecule has 0 heterocycles. The van der Waals surface area contributed by atoms with Gasteiger partial charge in [0.15, 0.2) is 0 Å². The molecule has 3 N–H and O–H groups in total. The van der Waals surface area contributed by atoms with E-state index in [0.29, 0.717) is 0 Å². The third-order valence-corrected chi connectivity index (χ3v) is 1.28. The van der Waals surface area contributed by atoms with Crippen molar-refractivity contribution >= 4 is 0 Å². The molecule has 3 nitrogen and oxygen atoms in total. The molecule has 9 heavy (non-hydrogen) atoms. The fourth-order valence-electron chi connectivity index (χ4n) is 0.617. The van der Waals surface area contributed by atoms with E-state index < -0.39 is 0 Å². The molecular formula is C6H17N3. The van der Waals surface area contributed by atoms with Crippen LogP contribution in [0.2, 0.25) is 0 Å². The topological polar surface area (TPSA) is 41.3 Å². The summed E-state index contributed by atoms with van der Waals surface area (Å²) in [7, 11) is 1.95. The first-order chi connectivity index (χ1) is 4.31. The van der Waals surface area contributed by atoms with Crippen LogP contribution < -0.4 is 11.2 Å². The Morgan fingerprint density at radius 2 is 2.22 bits per heavy atom. The number of hydrogen-bond acceptors (Lipinski definition) is 3. The predicted molar refractivity (Wildman–Crippen MR) is 40.0 cm³/mol. The van der Waals surface area contributed by atoms with Crippen LogP contribution in [-0.2, 0) is 0 Å². The first kappa shape index (κ1) is 8.88. The van der Waals surface area contributed by atoms with Gasteiger partial charge in [-0.25, -0.2) is 5.01 Å². The lowest BCUT2D eigenvalue weighted by atomic mass is 10.4. The predicted octanol–water partition coefficient (Wildman–Crippen LogP) is -0.208. The number of nitrogens with zero attached hydrogens (tertiary/aromatic N) is 1. The Hall–Kier alpha value is -0.120. The van der Waals surface area contributed by atoms with Gasteiger partial charge in [-0.3, -0.25) is 5.84 Å². The van der Waals surface area contributed by atoms with Crippen molar-refractivity contribution in [3.63, 3.8) is 0 Å². The maximum absolute atomic E-state index is 5.52. The Morgan fingerprint density at radius 3 is 2.67 bits per heavy atom. The van der Waals surface area contributed by atoms with Crippen LogP contribution in [0.15, 0.2) is 0 Å². The molecule has 0 aromatic rings. The lowest BCUT2D eigenvalue weighted by Crippen LogP contribution is -2.32. The average Bonchev–Trinajstić information content (AvgIpc) is 1.89. The van der Waals surface area contributed by atoms with Crippen LogP contribution in [0.4, 0.5) is 0 Å². The van der Waals surface area contributed by atoms with E-state index in [9.17, 15) is 0 Å². The highest BCUT2D eigenvalue weighted by Crippen LogP contribution is 1.79. The molecule has 0 saturated heterocycles. The monoisotopic (exact) mass is 131 g/mol. The number of rotatable bonds is 5. The van der Waals surface area contributed by atoms with Crippen molar-refractivity contribution in [2.75, 3.05) is 26.7 Å². The SMILES string of the molecule is CCN(N)CCCNC. The van der Waals surface area contributed by atoms with E-state index in [1.54, 1.807) is 0 Å². The third-order valence-electron chi connectivity index (χ3n) is 1.28. The number of nitrogens with two attached hydrogens (primary N) is 1. The van der Waals surface area contributed by atoms with E-state index in [1.165, 1.54) is 0 Å². The van der Waals surface area contributed by atoms with E-state index in [0.717, 1.165) is 26.1 Å². The van der Waals surface area contributed by atoms with Gasteiger partial charge in [-0.05, 0) is 20.0 Å². The van der Waals surface area contributed by atoms with Gasteiger partial charge < -0.3 is 5.32 Å². The fraction of sp³-hybridized carbons (Fsp3) is 1.00. The van der Waals surface area contributed by atoms with Crippen LogP contribution in [0.3, 0.4) is 0 Å². The van der Waals surface area contributed by atoms with Crippen LogP contribution in [0.1, 0.15) is 13.3 Å². The van der Waals surface area contributed by atoms with Crippen molar-refractivity contribution in [2.24, 2.45) is 5.84 Å². The molecule has 0 atom stereocenters. The number of hydrazine groups is 1. The van der Waals surface area contributed by atoms with Gasteiger partial charge >= 0.3 is 0 Å². The van der Waals surface area contributed by atoms with Crippen molar-refractivity contribution < 1.29 is 0 Å². The summed E-state index contributed by atoms with van der Waals surface area (Å²) in [6.45, 7) is 5.02. The van der Waals surface area contributed by atoms with Crippen molar-refractivity contribution in [2.45, 2.75) is 13.3 Å². The Labute approximate surface area is 57.2 Å². The molecule has 0 fully saturated rings. The quantitative estimate of drug-likeness (QED) is 0.308. The Balaban J connectivity index is 2.88. The van der Waals surface area contributed by atoms with E-state index in [-0.39, 0.29) is 0 Å². The van der Waals surface area contributed by atoms with E-state index in [2.05, 4.69) is 12.2 Å². The molecule has 0 aliphatic carbocycles. The van der Waals surface area contributed by atoms with Gasteiger partial charge in [-0.2, -0.15) is 0 Å². The van der Waals surface area contributed by atoms with Crippen molar-refractivity contribution in [3.05, 3.63) is 0 Å². The standard InChI is InChI=1S/C6H17N3/c1-3-9(7)6-4-5-8-2/h8H,3-7H2,1-2H3. The van der Waals surface area contributed by atoms with Crippen LogP contribution in [-0.4, -0.2) is 31.7 Å². The number of nitrogens with one attached hydrogen (secondary N) is 1. The second-order valence-electron chi connectivity index (χ2n) is 2.09. The minimum atomic E-state index is 0.934. The Morgan fingerprint density at radius 1 is 1.56 bits per heavy atom. The molecule has 0 spiro atoms. The van der Waals surface area contributed by atoms with Gasteiger partial charge in [0.1, 0.15) is 0 Å². The summed E-state index contributed by atoms with van der Waals surface area (Å²) >= 11 is 0. The summed E-state index contributed by atoms with van der Waals surface area (Å²) in [5.74, 6) is 5.52. The molecule has 0 saturated carbocycles. The van der Waals surface area contributed by atoms with Crippen molar-refractivity contribution in [1.82, 2.24) is 10.3 Å². The highest BCUT2D eigenvalue weighted by molar-refractivity contribution is 4.46. The van der Waals surface area contributed by atoms with E-state index in [4.69, 9.17) is 5.84 Å². The largest absolute Gasteiger partial charge is 0.320 e. The van der Waals surface area contributed by atoms with Crippen LogP contribution in [0.5, 0.6) is 0 Å². The first-order valence-electron chi connectivity index (χ1n) is 3.45. The molecule has 0 aromatic heterocycles. The summed E-state index contributed by atoms with van der Waals surface area (Å²) in [5, 5.41) is 4.88. The maximum Gasteiger partial charge on any atom is 0.0140 e. The van der Waals surface area contributed by atoms with Gasteiger partial charge in [0.05, 0.1) is 0 Å². The second kappa shape index (κ2) is 6.01. The first-order valence-corrected chi connectivity index (χ1v) is 3.45. The molecule has 0 rings (SSSR count). The minimum absolute atomic E-state index is 0.934. The molecule has 0 unspecified atom stereocenters. The van der Waals surface area contributed by atoms with Crippen LogP contribution in [0, 0.1) is 0 Å². The third kappa shape index (κ3) is 5.76. The lowest BCUT2D eigenvalue weighted by Gasteiger charge is -2.12. The van der Waals surface area contributed by atoms with Gasteiger partial charge in [0, 0.05) is 13.1 Å². The van der Waals surface area contributed by atoms with Crippen LogP contribution in [0.25, 0.3) is 0 Å². The summed E-state index contributed by atoms with van der Waals surface area (Å²) in [5.41, 5.74) is 0. The van der Waals surface area contributed by atoms with Crippen molar-refractivity contribution in [3.8, 4) is 0 Å². The fourth-order valence-corrected chi connectivity index (χ4v) is 0.617. The Bertz CT molecular complexity index is 56.3. The average molecular weight is 131 g/mol. The second-order valence-corrected chi connectivity index (χ2v) is 2.09. The van der Waals surface area contributed by atoms with Gasteiger partial charge in [-0.15, -0.1) is 0 Å². The van der Waals surface area contributed by atoms with Gasteiger partial charge in [0.25, 0.3) is 0 Å². The summed E-state index contributed by atoms with van der Waals surface area (Å²) in [6, 6.07) is 0. The molecule has 0 aliphatic heterocycles. The summed E-state index contributed by atoms with van der Waals surface area (Å²) < 4.78 is 0. The van der Waals surface area contributed by atoms with E-state index in [1.807, 2.05) is 12.1 Å². The van der Waals surface area contributed by atoms with Gasteiger partial charge in [-0.1, -0.05) is 6.92 Å². The van der Waals surface area contributed by atoms with Gasteiger partial charge in [0.2, 0.25) is 0 Å². The zero-order chi connectivity index (χ0) is 7.11. The number of hydrogen-bond donors (Lipinski definition) is 2. The molecule has 0 amide bonds. The summed E-state index contributed by atoms with van der Waals surface area (Å²) in [6.07, 6.45) is 1.13. The van der Waals surface area contributed by atoms with E-state index >= 15 is 0 Å². The molecule has 56 valence electrons. The highest BCUT2D eigenvalue weighted by Gasteiger charge is 1.91. The molecule has 0 aliphatic rings. The highest BCUT2D eigenvalue weighted by atomic mass is 15.4. The van der Waals surface area contributed by atoms with Crippen LogP contribution >= 0.6 is 0 Å². The lowest BCUT2D eigenvalue weighted by molar-refractivity contribution is 0.294. The molecule has 0 bridgehead atoms. The minimum Gasteiger partial charge on any atom is -0.320 e. The molecule has 0 radical (unpaired) electrons. The zero-order valence-electron chi connectivity index (χ0n) is 6.35. The maximum atomic E-state index is 5.52. The summed E-state index contributed by atoms with van der Waals surface area (Å²) in [4.78, 5) is 0.